The molecule has 0 aromatic heterocycles. The topological polar surface area (TPSA) is 105 Å². The van der Waals surface area contributed by atoms with Crippen LogP contribution in [-0.2, 0) is 14.3 Å². The third kappa shape index (κ3) is 5.35. The maximum Gasteiger partial charge on any atom is 0.407 e. The number of fused-ring (bicyclic) bond motifs is 3. The molecule has 1 saturated carbocycles. The molecule has 3 N–H and O–H groups in total. The van der Waals surface area contributed by atoms with Crippen LogP contribution in [0.4, 0.5) is 4.79 Å². The van der Waals surface area contributed by atoms with Gasteiger partial charge in [-0.1, -0.05) is 68.3 Å². The maximum atomic E-state index is 12.7. The van der Waals surface area contributed by atoms with Gasteiger partial charge in [-0.05, 0) is 41.0 Å². The third-order valence-electron chi connectivity index (χ3n) is 6.54. The molecule has 2 atom stereocenters. The van der Waals surface area contributed by atoms with Gasteiger partial charge < -0.3 is 20.5 Å². The highest BCUT2D eigenvalue weighted by atomic mass is 16.5. The first-order valence-electron chi connectivity index (χ1n) is 11.6. The lowest BCUT2D eigenvalue weighted by Gasteiger charge is -2.20. The molecule has 4 rings (SSSR count). The van der Waals surface area contributed by atoms with Crippen LogP contribution in [0.3, 0.4) is 0 Å². The normalized spacial score (nSPS) is 16.3. The van der Waals surface area contributed by atoms with Crippen LogP contribution in [0.25, 0.3) is 11.1 Å². The summed E-state index contributed by atoms with van der Waals surface area (Å²) in [5.74, 6) is -1.45. The number of carbonyl (C=O) groups excluding carboxylic acids is 2. The van der Waals surface area contributed by atoms with Crippen LogP contribution in [0, 0.1) is 11.8 Å². The molecular weight excluding hydrogens is 420 g/mol. The van der Waals surface area contributed by atoms with E-state index >= 15 is 0 Å². The lowest BCUT2D eigenvalue weighted by Crippen LogP contribution is -2.46. The predicted octanol–water partition coefficient (Wildman–Crippen LogP) is 3.92. The molecule has 0 aliphatic heterocycles. The Bertz CT molecular complexity index is 987. The van der Waals surface area contributed by atoms with Gasteiger partial charge in [-0.25, -0.2) is 9.59 Å². The number of aliphatic carboxylic acids is 1. The van der Waals surface area contributed by atoms with Crippen molar-refractivity contribution in [3.63, 3.8) is 0 Å². The molecule has 0 saturated heterocycles. The van der Waals surface area contributed by atoms with Gasteiger partial charge in [0.05, 0.1) is 5.92 Å². The zero-order valence-electron chi connectivity index (χ0n) is 18.8. The number of benzene rings is 2. The summed E-state index contributed by atoms with van der Waals surface area (Å²) in [6.45, 7) is 2.04. The van der Waals surface area contributed by atoms with Crippen LogP contribution in [-0.4, -0.2) is 42.3 Å². The van der Waals surface area contributed by atoms with Crippen molar-refractivity contribution in [2.75, 3.05) is 13.2 Å². The molecule has 0 spiro atoms. The minimum absolute atomic E-state index is 0.0328. The molecule has 1 fully saturated rings. The molecule has 2 amide bonds. The lowest BCUT2D eigenvalue weighted by atomic mass is 9.98. The first-order chi connectivity index (χ1) is 16.0. The van der Waals surface area contributed by atoms with Gasteiger partial charge in [-0.15, -0.1) is 0 Å². The fourth-order valence-corrected chi connectivity index (χ4v) is 4.52. The van der Waals surface area contributed by atoms with Crippen molar-refractivity contribution in [2.45, 2.75) is 44.6 Å². The molecule has 1 unspecified atom stereocenters. The monoisotopic (exact) mass is 450 g/mol. The first kappa shape index (κ1) is 22.8. The molecule has 2 aromatic carbocycles. The highest BCUT2D eigenvalue weighted by molar-refractivity contribution is 5.85. The molecule has 33 heavy (non-hydrogen) atoms. The molecule has 7 heteroatoms. The van der Waals surface area contributed by atoms with Crippen molar-refractivity contribution >= 4 is 18.0 Å². The first-order valence-corrected chi connectivity index (χ1v) is 11.6. The molecule has 174 valence electrons. The van der Waals surface area contributed by atoms with E-state index in [4.69, 9.17) is 4.74 Å². The van der Waals surface area contributed by atoms with E-state index < -0.39 is 24.0 Å². The zero-order valence-corrected chi connectivity index (χ0v) is 18.8. The molecule has 7 nitrogen and oxygen atoms in total. The maximum absolute atomic E-state index is 12.7. The largest absolute Gasteiger partial charge is 0.480 e. The average molecular weight is 451 g/mol. The second-order valence-electron chi connectivity index (χ2n) is 8.89. The number of carbonyl (C=O) groups is 3. The lowest BCUT2D eigenvalue weighted by molar-refractivity contribution is -0.142. The van der Waals surface area contributed by atoms with E-state index in [1.807, 2.05) is 24.3 Å². The van der Waals surface area contributed by atoms with Gasteiger partial charge in [0.2, 0.25) is 5.91 Å². The van der Waals surface area contributed by atoms with Crippen molar-refractivity contribution in [1.82, 2.24) is 10.6 Å². The van der Waals surface area contributed by atoms with Crippen LogP contribution in [0.5, 0.6) is 0 Å². The average Bonchev–Trinajstić information content (AvgIpc) is 3.59. The summed E-state index contributed by atoms with van der Waals surface area (Å²) in [6, 6.07) is 15.3. The van der Waals surface area contributed by atoms with Gasteiger partial charge in [-0.3, -0.25) is 4.79 Å². The Labute approximate surface area is 193 Å². The molecule has 2 aliphatic carbocycles. The number of carboxylic acids is 1. The number of alkyl carbamates (subject to hydrolysis) is 1. The van der Waals surface area contributed by atoms with Crippen LogP contribution < -0.4 is 10.6 Å². The molecule has 0 heterocycles. The highest BCUT2D eigenvalue weighted by Gasteiger charge is 2.32. The number of amides is 2. The van der Waals surface area contributed by atoms with Crippen molar-refractivity contribution in [3.8, 4) is 11.1 Å². The fraction of sp³-hybridized carbons (Fsp3) is 0.423. The minimum atomic E-state index is -1.06. The smallest absolute Gasteiger partial charge is 0.407 e. The highest BCUT2D eigenvalue weighted by Crippen LogP contribution is 2.44. The molecule has 2 aliphatic rings. The van der Waals surface area contributed by atoms with E-state index in [1.165, 1.54) is 0 Å². The van der Waals surface area contributed by atoms with Gasteiger partial charge in [-0.2, -0.15) is 0 Å². The van der Waals surface area contributed by atoms with E-state index in [2.05, 4.69) is 34.9 Å². The molecule has 0 radical (unpaired) electrons. The van der Waals surface area contributed by atoms with Gasteiger partial charge in [0.25, 0.3) is 0 Å². The van der Waals surface area contributed by atoms with E-state index in [9.17, 15) is 19.5 Å². The Balaban J connectivity index is 1.34. The Morgan fingerprint density at radius 3 is 2.18 bits per heavy atom. The van der Waals surface area contributed by atoms with E-state index in [1.54, 1.807) is 6.92 Å². The fourth-order valence-electron chi connectivity index (χ4n) is 4.52. The summed E-state index contributed by atoms with van der Waals surface area (Å²) in [6.07, 6.45) is 2.48. The van der Waals surface area contributed by atoms with Gasteiger partial charge in [0, 0.05) is 12.5 Å². The van der Waals surface area contributed by atoms with Crippen LogP contribution in [0.2, 0.25) is 0 Å². The number of hydrogen-bond donors (Lipinski definition) is 3. The summed E-state index contributed by atoms with van der Waals surface area (Å²) in [4.78, 5) is 36.4. The Morgan fingerprint density at radius 1 is 1.03 bits per heavy atom. The number of nitrogens with one attached hydrogen (secondary N) is 2. The zero-order chi connectivity index (χ0) is 23.4. The Kier molecular flexibility index (Phi) is 6.96. The van der Waals surface area contributed by atoms with E-state index in [0.717, 1.165) is 35.1 Å². The summed E-state index contributed by atoms with van der Waals surface area (Å²) in [7, 11) is 0. The molecule has 2 aromatic rings. The summed E-state index contributed by atoms with van der Waals surface area (Å²) < 4.78 is 5.56. The van der Waals surface area contributed by atoms with Crippen molar-refractivity contribution < 1.29 is 24.2 Å². The number of ether oxygens (including phenoxy) is 1. The van der Waals surface area contributed by atoms with E-state index in [0.29, 0.717) is 18.8 Å². The quantitative estimate of drug-likeness (QED) is 0.509. The van der Waals surface area contributed by atoms with Crippen molar-refractivity contribution in [3.05, 3.63) is 59.7 Å². The van der Waals surface area contributed by atoms with Crippen molar-refractivity contribution in [1.29, 1.82) is 0 Å². The van der Waals surface area contributed by atoms with Gasteiger partial charge in [0.15, 0.2) is 0 Å². The van der Waals surface area contributed by atoms with Crippen LogP contribution >= 0.6 is 0 Å². The third-order valence-corrected chi connectivity index (χ3v) is 6.54. The Morgan fingerprint density at radius 2 is 1.64 bits per heavy atom. The van der Waals surface area contributed by atoms with Crippen LogP contribution in [0.15, 0.2) is 48.5 Å². The predicted molar refractivity (Wildman–Crippen MR) is 124 cm³/mol. The SMILES string of the molecule is CC[C@H](NC(=O)C(CNC(=O)OCC1c2ccccc2-c2ccccc21)CC1CC1)C(=O)O. The summed E-state index contributed by atoms with van der Waals surface area (Å²) >= 11 is 0. The summed E-state index contributed by atoms with van der Waals surface area (Å²) in [5, 5.41) is 14.5. The number of hydrogen-bond acceptors (Lipinski definition) is 4. The Hall–Kier alpha value is -3.35. The van der Waals surface area contributed by atoms with Crippen molar-refractivity contribution in [2.24, 2.45) is 11.8 Å². The summed E-state index contributed by atoms with van der Waals surface area (Å²) in [5.41, 5.74) is 4.59. The molecular formula is C26H30N2O5. The minimum Gasteiger partial charge on any atom is -0.480 e. The standard InChI is InChI=1S/C26H30N2O5/c1-2-23(25(30)31)28-24(29)17(13-16-11-12-16)14-27-26(32)33-15-22-20-9-5-3-7-18(20)19-8-4-6-10-21(19)22/h3-10,16-17,22-23H,2,11-15H2,1H3,(H,27,32)(H,28,29)(H,30,31)/t17?,23-/m0/s1. The number of carboxylic acid groups (broad SMARTS) is 1. The van der Waals surface area contributed by atoms with Gasteiger partial charge in [0.1, 0.15) is 12.6 Å². The number of rotatable bonds is 10. The van der Waals surface area contributed by atoms with E-state index in [-0.39, 0.29) is 25.0 Å². The van der Waals surface area contributed by atoms with Gasteiger partial charge >= 0.3 is 12.1 Å². The second-order valence-corrected chi connectivity index (χ2v) is 8.89. The second kappa shape index (κ2) is 10.1. The van der Waals surface area contributed by atoms with Crippen LogP contribution in [0.1, 0.15) is 49.7 Å². The molecule has 0 bridgehead atoms.